The van der Waals surface area contributed by atoms with Gasteiger partial charge < -0.3 is 19.1 Å². The SMILES string of the molecule is COCC(=O)N(CCn1ccnc1C)C1CCN(C(=O)c2ccc(F)c(Cl)c2)CC1. The van der Waals surface area contributed by atoms with Gasteiger partial charge in [0.1, 0.15) is 18.2 Å². The third-order valence-electron chi connectivity index (χ3n) is 5.45. The average molecular weight is 437 g/mol. The largest absolute Gasteiger partial charge is 0.375 e. The van der Waals surface area contributed by atoms with Crippen molar-refractivity contribution in [1.82, 2.24) is 19.4 Å². The number of aryl methyl sites for hydroxylation is 1. The summed E-state index contributed by atoms with van der Waals surface area (Å²) in [5.74, 6) is 0.101. The van der Waals surface area contributed by atoms with E-state index in [4.69, 9.17) is 16.3 Å². The molecule has 1 fully saturated rings. The maximum absolute atomic E-state index is 13.4. The Morgan fingerprint density at radius 2 is 2.07 bits per heavy atom. The van der Waals surface area contributed by atoms with Crippen LogP contribution in [0, 0.1) is 12.7 Å². The molecular formula is C21H26ClFN4O3. The number of carbonyl (C=O) groups is 2. The zero-order chi connectivity index (χ0) is 21.7. The minimum Gasteiger partial charge on any atom is -0.375 e. The highest BCUT2D eigenvalue weighted by molar-refractivity contribution is 6.31. The van der Waals surface area contributed by atoms with Crippen LogP contribution in [0.1, 0.15) is 29.0 Å². The second-order valence-corrected chi connectivity index (χ2v) is 7.75. The lowest BCUT2D eigenvalue weighted by Crippen LogP contribution is -2.50. The molecule has 0 N–H and O–H groups in total. The topological polar surface area (TPSA) is 67.7 Å². The number of imidazole rings is 1. The molecule has 0 atom stereocenters. The Kier molecular flexibility index (Phi) is 7.44. The van der Waals surface area contributed by atoms with Crippen molar-refractivity contribution in [1.29, 1.82) is 0 Å². The summed E-state index contributed by atoms with van der Waals surface area (Å²) in [6, 6.07) is 4.02. The molecular weight excluding hydrogens is 411 g/mol. The van der Waals surface area contributed by atoms with Gasteiger partial charge in [0.15, 0.2) is 0 Å². The van der Waals surface area contributed by atoms with Crippen molar-refractivity contribution in [2.45, 2.75) is 32.4 Å². The van der Waals surface area contributed by atoms with E-state index in [1.165, 1.54) is 25.3 Å². The van der Waals surface area contributed by atoms with E-state index >= 15 is 0 Å². The van der Waals surface area contributed by atoms with Crippen LogP contribution in [-0.4, -0.2) is 70.6 Å². The van der Waals surface area contributed by atoms with Crippen LogP contribution in [0.5, 0.6) is 0 Å². The fraction of sp³-hybridized carbons (Fsp3) is 0.476. The predicted octanol–water partition coefficient (Wildman–Crippen LogP) is 2.76. The van der Waals surface area contributed by atoms with Crippen LogP contribution in [0.15, 0.2) is 30.6 Å². The van der Waals surface area contributed by atoms with Gasteiger partial charge in [-0.2, -0.15) is 0 Å². The monoisotopic (exact) mass is 436 g/mol. The highest BCUT2D eigenvalue weighted by atomic mass is 35.5. The van der Waals surface area contributed by atoms with Crippen molar-refractivity contribution in [3.8, 4) is 0 Å². The Morgan fingerprint density at radius 3 is 2.67 bits per heavy atom. The normalized spacial score (nSPS) is 14.7. The molecule has 30 heavy (non-hydrogen) atoms. The summed E-state index contributed by atoms with van der Waals surface area (Å²) in [5.41, 5.74) is 0.364. The summed E-state index contributed by atoms with van der Waals surface area (Å²) in [7, 11) is 1.51. The van der Waals surface area contributed by atoms with Gasteiger partial charge in [-0.25, -0.2) is 9.37 Å². The predicted molar refractivity (Wildman–Crippen MR) is 111 cm³/mol. The second kappa shape index (κ2) is 10.0. The fourth-order valence-corrected chi connectivity index (χ4v) is 3.95. The number of piperidine rings is 1. The summed E-state index contributed by atoms with van der Waals surface area (Å²) >= 11 is 5.81. The Hall–Kier alpha value is -2.45. The molecule has 0 unspecified atom stereocenters. The molecule has 1 aliphatic rings. The van der Waals surface area contributed by atoms with E-state index in [0.29, 0.717) is 44.6 Å². The number of halogens is 2. The first-order chi connectivity index (χ1) is 14.4. The molecule has 0 aliphatic carbocycles. The molecule has 0 radical (unpaired) electrons. The molecule has 3 rings (SSSR count). The smallest absolute Gasteiger partial charge is 0.253 e. The summed E-state index contributed by atoms with van der Waals surface area (Å²) in [6.07, 6.45) is 4.96. The molecule has 7 nitrogen and oxygen atoms in total. The number of amides is 2. The van der Waals surface area contributed by atoms with Crippen LogP contribution in [-0.2, 0) is 16.1 Å². The highest BCUT2D eigenvalue weighted by Crippen LogP contribution is 2.22. The summed E-state index contributed by atoms with van der Waals surface area (Å²) in [4.78, 5) is 33.2. The number of carbonyl (C=O) groups excluding carboxylic acids is 2. The van der Waals surface area contributed by atoms with E-state index in [1.807, 2.05) is 22.6 Å². The minimum atomic E-state index is -0.549. The Labute approximate surface area is 180 Å². The highest BCUT2D eigenvalue weighted by Gasteiger charge is 2.30. The first-order valence-electron chi connectivity index (χ1n) is 9.91. The Bertz CT molecular complexity index is 896. The van der Waals surface area contributed by atoms with Gasteiger partial charge in [-0.15, -0.1) is 0 Å². The molecule has 9 heteroatoms. The van der Waals surface area contributed by atoms with Gasteiger partial charge in [0, 0.05) is 57.3 Å². The number of likely N-dealkylation sites (tertiary alicyclic amines) is 1. The fourth-order valence-electron chi connectivity index (χ4n) is 3.77. The number of nitrogens with zero attached hydrogens (tertiary/aromatic N) is 4. The molecule has 0 spiro atoms. The lowest BCUT2D eigenvalue weighted by Gasteiger charge is -2.38. The standard InChI is InChI=1S/C21H26ClFN4O3/c1-15-24-7-10-25(15)11-12-27(20(28)14-30-2)17-5-8-26(9-6-17)21(29)16-3-4-19(23)18(22)13-16/h3-4,7,10,13,17H,5-6,8-9,11-12,14H2,1-2H3. The zero-order valence-electron chi connectivity index (χ0n) is 17.2. The number of hydrogen-bond acceptors (Lipinski definition) is 4. The van der Waals surface area contributed by atoms with Gasteiger partial charge in [0.05, 0.1) is 5.02 Å². The second-order valence-electron chi connectivity index (χ2n) is 7.34. The van der Waals surface area contributed by atoms with E-state index in [0.717, 1.165) is 5.82 Å². The molecule has 0 bridgehead atoms. The van der Waals surface area contributed by atoms with Crippen molar-refractivity contribution in [3.05, 3.63) is 52.8 Å². The van der Waals surface area contributed by atoms with Crippen molar-refractivity contribution in [2.75, 3.05) is 33.4 Å². The van der Waals surface area contributed by atoms with Crippen molar-refractivity contribution >= 4 is 23.4 Å². The number of benzene rings is 1. The number of aromatic nitrogens is 2. The number of hydrogen-bond donors (Lipinski definition) is 0. The molecule has 162 valence electrons. The van der Waals surface area contributed by atoms with Gasteiger partial charge in [-0.3, -0.25) is 9.59 Å². The molecule has 1 saturated heterocycles. The van der Waals surface area contributed by atoms with Crippen molar-refractivity contribution in [2.24, 2.45) is 0 Å². The molecule has 1 aromatic carbocycles. The average Bonchev–Trinajstić information content (AvgIpc) is 3.15. The van der Waals surface area contributed by atoms with Crippen LogP contribution in [0.2, 0.25) is 5.02 Å². The summed E-state index contributed by atoms with van der Waals surface area (Å²) < 4.78 is 20.4. The van der Waals surface area contributed by atoms with E-state index in [-0.39, 0.29) is 29.5 Å². The van der Waals surface area contributed by atoms with E-state index < -0.39 is 5.82 Å². The van der Waals surface area contributed by atoms with Gasteiger partial charge in [-0.1, -0.05) is 11.6 Å². The summed E-state index contributed by atoms with van der Waals surface area (Å²) in [5, 5.41) is -0.0677. The van der Waals surface area contributed by atoms with Crippen molar-refractivity contribution < 1.29 is 18.7 Å². The third kappa shape index (κ3) is 5.17. The molecule has 2 heterocycles. The number of rotatable bonds is 7. The van der Waals surface area contributed by atoms with Crippen LogP contribution >= 0.6 is 11.6 Å². The lowest BCUT2D eigenvalue weighted by molar-refractivity contribution is -0.138. The maximum Gasteiger partial charge on any atom is 0.253 e. The van der Waals surface area contributed by atoms with Crippen LogP contribution in [0.25, 0.3) is 0 Å². The van der Waals surface area contributed by atoms with Crippen LogP contribution in [0.3, 0.4) is 0 Å². The lowest BCUT2D eigenvalue weighted by atomic mass is 10.0. The quantitative estimate of drug-likeness (QED) is 0.669. The molecule has 1 aromatic heterocycles. The van der Waals surface area contributed by atoms with E-state index in [1.54, 1.807) is 11.1 Å². The minimum absolute atomic E-state index is 0.0239. The Morgan fingerprint density at radius 1 is 1.33 bits per heavy atom. The van der Waals surface area contributed by atoms with Gasteiger partial charge in [0.25, 0.3) is 5.91 Å². The van der Waals surface area contributed by atoms with Gasteiger partial charge in [0.2, 0.25) is 5.91 Å². The van der Waals surface area contributed by atoms with Crippen LogP contribution < -0.4 is 0 Å². The number of methoxy groups -OCH3 is 1. The summed E-state index contributed by atoms with van der Waals surface area (Å²) in [6.45, 7) is 4.17. The van der Waals surface area contributed by atoms with E-state index in [9.17, 15) is 14.0 Å². The maximum atomic E-state index is 13.4. The third-order valence-corrected chi connectivity index (χ3v) is 5.74. The first-order valence-corrected chi connectivity index (χ1v) is 10.3. The van der Waals surface area contributed by atoms with Gasteiger partial charge >= 0.3 is 0 Å². The van der Waals surface area contributed by atoms with E-state index in [2.05, 4.69) is 4.98 Å². The van der Waals surface area contributed by atoms with Gasteiger partial charge in [-0.05, 0) is 38.0 Å². The molecule has 2 amide bonds. The Balaban J connectivity index is 1.62. The van der Waals surface area contributed by atoms with Crippen LogP contribution in [0.4, 0.5) is 4.39 Å². The number of ether oxygens (including phenoxy) is 1. The van der Waals surface area contributed by atoms with Crippen molar-refractivity contribution in [3.63, 3.8) is 0 Å². The first kappa shape index (κ1) is 22.2. The molecule has 0 saturated carbocycles. The zero-order valence-corrected chi connectivity index (χ0v) is 17.9. The molecule has 2 aromatic rings. The molecule has 1 aliphatic heterocycles.